The Labute approximate surface area is 74.0 Å². The van der Waals surface area contributed by atoms with Crippen LogP contribution in [0.5, 0.6) is 0 Å². The van der Waals surface area contributed by atoms with Gasteiger partial charge in [0, 0.05) is 0 Å². The van der Waals surface area contributed by atoms with Gasteiger partial charge in [-0.3, -0.25) is 0 Å². The van der Waals surface area contributed by atoms with E-state index in [0.717, 1.165) is 13.1 Å². The third-order valence-corrected chi connectivity index (χ3v) is 0.692. The molecule has 1 N–H and O–H groups in total. The van der Waals surface area contributed by atoms with E-state index >= 15 is 0 Å². The predicted molar refractivity (Wildman–Crippen MR) is 48.2 cm³/mol. The highest BCUT2D eigenvalue weighted by Gasteiger charge is 1.65. The highest BCUT2D eigenvalue weighted by Crippen LogP contribution is 1.50. The largest absolute Gasteiger partial charge is 0.317 e. The molecular formula is C7H16ClNO2. The van der Waals surface area contributed by atoms with Crippen molar-refractivity contribution in [1.82, 2.24) is 5.32 Å². The minimum atomic E-state index is 0. The number of halogens is 1. The molecule has 0 saturated carbocycles. The molecule has 68 valence electrons. The van der Waals surface area contributed by atoms with Crippen molar-refractivity contribution in [3.05, 3.63) is 0 Å². The summed E-state index contributed by atoms with van der Waals surface area (Å²) in [6.07, 6.45) is 1.15. The minimum Gasteiger partial charge on any atom is -0.317 e. The number of nitrogens with one attached hydrogen (secondary N) is 1. The first-order chi connectivity index (χ1) is 4.83. The van der Waals surface area contributed by atoms with Gasteiger partial charge < -0.3 is 14.9 Å². The predicted octanol–water partition coefficient (Wildman–Crippen LogP) is 0.812. The second kappa shape index (κ2) is 22.6. The standard InChI is InChI=1S/C4H11N.C3H4O2.ClH/c1-3-5-4-2;4-2-1-3-5;/h5H,3-4H2,1-2H3;2-3H,1H2;1H. The molecule has 0 aliphatic carbocycles. The summed E-state index contributed by atoms with van der Waals surface area (Å²) in [6.45, 7) is 6.39. The molecule has 0 atom stereocenters. The first kappa shape index (κ1) is 16.9. The molecule has 0 amide bonds. The quantitative estimate of drug-likeness (QED) is 0.516. The van der Waals surface area contributed by atoms with Gasteiger partial charge in [-0.05, 0) is 13.1 Å². The molecule has 0 aliphatic rings. The Hall–Kier alpha value is -0.410. The van der Waals surface area contributed by atoms with Gasteiger partial charge in [-0.25, -0.2) is 0 Å². The highest BCUT2D eigenvalue weighted by molar-refractivity contribution is 5.85. The van der Waals surface area contributed by atoms with Gasteiger partial charge in [0.1, 0.15) is 12.6 Å². The van der Waals surface area contributed by atoms with Gasteiger partial charge in [-0.2, -0.15) is 0 Å². The lowest BCUT2D eigenvalue weighted by atomic mass is 10.6. The number of hydrogen-bond acceptors (Lipinski definition) is 3. The molecule has 0 unspecified atom stereocenters. The molecule has 0 radical (unpaired) electrons. The molecule has 11 heavy (non-hydrogen) atoms. The Kier molecular flexibility index (Phi) is 34.8. The van der Waals surface area contributed by atoms with Crippen molar-refractivity contribution in [3.63, 3.8) is 0 Å². The fraction of sp³-hybridized carbons (Fsp3) is 0.714. The summed E-state index contributed by atoms with van der Waals surface area (Å²) in [5, 5.41) is 3.11. The normalized spacial score (nSPS) is 6.73. The summed E-state index contributed by atoms with van der Waals surface area (Å²) in [7, 11) is 0. The number of aldehydes is 2. The van der Waals surface area contributed by atoms with Crippen LogP contribution in [0.2, 0.25) is 0 Å². The topological polar surface area (TPSA) is 46.2 Å². The Morgan fingerprint density at radius 2 is 1.45 bits per heavy atom. The molecule has 4 heteroatoms. The third kappa shape index (κ3) is 42.9. The summed E-state index contributed by atoms with van der Waals surface area (Å²) in [5.41, 5.74) is 0. The van der Waals surface area contributed by atoms with Crippen molar-refractivity contribution < 1.29 is 9.59 Å². The average molecular weight is 182 g/mol. The molecule has 0 rings (SSSR count). The molecule has 0 aromatic carbocycles. The van der Waals surface area contributed by atoms with Gasteiger partial charge >= 0.3 is 0 Å². The Balaban J connectivity index is -0.000000107. The molecule has 0 heterocycles. The van der Waals surface area contributed by atoms with Crippen LogP contribution in [0.15, 0.2) is 0 Å². The van der Waals surface area contributed by atoms with E-state index in [-0.39, 0.29) is 18.8 Å². The van der Waals surface area contributed by atoms with Crippen molar-refractivity contribution >= 4 is 25.0 Å². The summed E-state index contributed by atoms with van der Waals surface area (Å²) in [4.78, 5) is 18.3. The van der Waals surface area contributed by atoms with E-state index in [4.69, 9.17) is 0 Å². The monoisotopic (exact) mass is 181 g/mol. The minimum absolute atomic E-state index is 0. The van der Waals surface area contributed by atoms with Crippen LogP contribution < -0.4 is 5.32 Å². The summed E-state index contributed by atoms with van der Waals surface area (Å²) in [5.74, 6) is 0. The molecule has 0 fully saturated rings. The van der Waals surface area contributed by atoms with Gasteiger partial charge in [-0.1, -0.05) is 13.8 Å². The molecule has 0 aliphatic heterocycles. The van der Waals surface area contributed by atoms with E-state index in [1.807, 2.05) is 0 Å². The number of hydrogen-bond donors (Lipinski definition) is 1. The van der Waals surface area contributed by atoms with Crippen molar-refractivity contribution in [1.29, 1.82) is 0 Å². The maximum atomic E-state index is 9.17. The van der Waals surface area contributed by atoms with E-state index in [2.05, 4.69) is 19.2 Å². The van der Waals surface area contributed by atoms with Gasteiger partial charge in [0.15, 0.2) is 0 Å². The second-order valence-electron chi connectivity index (χ2n) is 1.53. The van der Waals surface area contributed by atoms with Crippen LogP contribution >= 0.6 is 12.4 Å². The smallest absolute Gasteiger partial charge is 0.127 e. The molecule has 0 bridgehead atoms. The fourth-order valence-electron chi connectivity index (χ4n) is 0.289. The van der Waals surface area contributed by atoms with E-state index in [1.165, 1.54) is 0 Å². The molecule has 0 aromatic heterocycles. The van der Waals surface area contributed by atoms with Crippen LogP contribution in [-0.2, 0) is 9.59 Å². The molecule has 0 saturated heterocycles. The number of rotatable bonds is 4. The third-order valence-electron chi connectivity index (χ3n) is 0.692. The Morgan fingerprint density at radius 1 is 1.09 bits per heavy atom. The second-order valence-corrected chi connectivity index (χ2v) is 1.53. The maximum Gasteiger partial charge on any atom is 0.127 e. The van der Waals surface area contributed by atoms with Crippen molar-refractivity contribution in [2.24, 2.45) is 0 Å². The fourth-order valence-corrected chi connectivity index (χ4v) is 0.289. The molecular weight excluding hydrogens is 166 g/mol. The average Bonchev–Trinajstić information content (AvgIpc) is 1.93. The van der Waals surface area contributed by atoms with Gasteiger partial charge in [0.25, 0.3) is 0 Å². The van der Waals surface area contributed by atoms with Crippen LogP contribution in [0, 0.1) is 0 Å². The zero-order chi connectivity index (χ0) is 8.24. The maximum absolute atomic E-state index is 9.17. The molecule has 3 nitrogen and oxygen atoms in total. The van der Waals surface area contributed by atoms with Crippen LogP contribution in [0.25, 0.3) is 0 Å². The summed E-state index contributed by atoms with van der Waals surface area (Å²) in [6, 6.07) is 0. The lowest BCUT2D eigenvalue weighted by Gasteiger charge is -1.86. The zero-order valence-electron chi connectivity index (χ0n) is 7.00. The highest BCUT2D eigenvalue weighted by atomic mass is 35.5. The van der Waals surface area contributed by atoms with Crippen LogP contribution in [-0.4, -0.2) is 25.7 Å². The van der Waals surface area contributed by atoms with Crippen molar-refractivity contribution in [2.45, 2.75) is 20.3 Å². The molecule has 0 spiro atoms. The van der Waals surface area contributed by atoms with E-state index in [0.29, 0.717) is 12.6 Å². The van der Waals surface area contributed by atoms with Crippen LogP contribution in [0.4, 0.5) is 0 Å². The zero-order valence-corrected chi connectivity index (χ0v) is 7.82. The number of carbonyl (C=O) groups excluding carboxylic acids is 2. The van der Waals surface area contributed by atoms with E-state index in [1.54, 1.807) is 0 Å². The number of carbonyl (C=O) groups is 2. The molecule has 0 aromatic rings. The lowest BCUT2D eigenvalue weighted by molar-refractivity contribution is -0.114. The van der Waals surface area contributed by atoms with Crippen molar-refractivity contribution in [3.8, 4) is 0 Å². The Morgan fingerprint density at radius 3 is 1.45 bits per heavy atom. The first-order valence-electron chi connectivity index (χ1n) is 3.41. The summed E-state index contributed by atoms with van der Waals surface area (Å²) < 4.78 is 0. The van der Waals surface area contributed by atoms with Gasteiger partial charge in [-0.15, -0.1) is 12.4 Å². The van der Waals surface area contributed by atoms with Crippen molar-refractivity contribution in [2.75, 3.05) is 13.1 Å². The van der Waals surface area contributed by atoms with E-state index < -0.39 is 0 Å². The first-order valence-corrected chi connectivity index (χ1v) is 3.41. The van der Waals surface area contributed by atoms with Crippen LogP contribution in [0.1, 0.15) is 20.3 Å². The summed E-state index contributed by atoms with van der Waals surface area (Å²) >= 11 is 0. The van der Waals surface area contributed by atoms with Crippen LogP contribution in [0.3, 0.4) is 0 Å². The Bertz CT molecular complexity index is 70.8. The SMILES string of the molecule is CCNCC.Cl.O=CCC=O. The van der Waals surface area contributed by atoms with Gasteiger partial charge in [0.2, 0.25) is 0 Å². The lowest BCUT2D eigenvalue weighted by Crippen LogP contribution is -2.09. The van der Waals surface area contributed by atoms with E-state index in [9.17, 15) is 9.59 Å². The van der Waals surface area contributed by atoms with Gasteiger partial charge in [0.05, 0.1) is 6.42 Å².